The van der Waals surface area contributed by atoms with Gasteiger partial charge in [-0.25, -0.2) is 14.3 Å². The average molecular weight is 436 g/mol. The minimum absolute atomic E-state index is 0.0827. The van der Waals surface area contributed by atoms with Crippen LogP contribution in [0.15, 0.2) is 35.2 Å². The molecule has 2 rings (SSSR count). The largest absolute Gasteiger partial charge is 0.416 e. The number of rotatable bonds is 4. The van der Waals surface area contributed by atoms with Crippen molar-refractivity contribution in [2.24, 2.45) is 5.84 Å². The minimum Gasteiger partial charge on any atom is -0.398 e. The number of carbonyl (C=O) groups is 1. The molecule has 0 aliphatic carbocycles. The van der Waals surface area contributed by atoms with Crippen molar-refractivity contribution >= 4 is 33.0 Å². The molecule has 0 aliphatic heterocycles. The zero-order chi connectivity index (χ0) is 21.4. The van der Waals surface area contributed by atoms with Crippen LogP contribution >= 0.6 is 11.6 Å². The van der Waals surface area contributed by atoms with E-state index in [1.165, 1.54) is 32.0 Å². The number of nitrogens with one attached hydrogen (secondary N) is 1. The molecule has 0 unspecified atom stereocenters. The van der Waals surface area contributed by atoms with Crippen molar-refractivity contribution in [2.45, 2.75) is 30.2 Å². The number of anilines is 1. The number of hydrogen-bond acceptors (Lipinski definition) is 5. The number of halogens is 4. The maximum absolute atomic E-state index is 13.4. The fourth-order valence-electron chi connectivity index (χ4n) is 2.52. The van der Waals surface area contributed by atoms with Crippen LogP contribution in [0.2, 0.25) is 5.02 Å². The molecule has 0 atom stereocenters. The predicted molar refractivity (Wildman–Crippen MR) is 100 cm³/mol. The Labute approximate surface area is 164 Å². The molecule has 0 aliphatic rings. The van der Waals surface area contributed by atoms with Crippen molar-refractivity contribution in [1.82, 2.24) is 5.43 Å². The van der Waals surface area contributed by atoms with Crippen molar-refractivity contribution in [2.75, 3.05) is 5.73 Å². The summed E-state index contributed by atoms with van der Waals surface area (Å²) >= 11 is 5.95. The van der Waals surface area contributed by atoms with E-state index in [4.69, 9.17) is 23.2 Å². The van der Waals surface area contributed by atoms with Crippen LogP contribution in [0.3, 0.4) is 0 Å². The van der Waals surface area contributed by atoms with E-state index in [0.717, 1.165) is 0 Å². The molecule has 0 fully saturated rings. The molecule has 0 saturated heterocycles. The van der Waals surface area contributed by atoms with Crippen LogP contribution in [-0.4, -0.2) is 19.6 Å². The van der Waals surface area contributed by atoms with Gasteiger partial charge in [-0.15, -0.1) is 0 Å². The zero-order valence-corrected chi connectivity index (χ0v) is 16.3. The summed E-state index contributed by atoms with van der Waals surface area (Å²) < 4.78 is 65.5. The van der Waals surface area contributed by atoms with Crippen molar-refractivity contribution in [3.05, 3.63) is 46.5 Å². The van der Waals surface area contributed by atoms with E-state index in [0.29, 0.717) is 12.1 Å². The lowest BCUT2D eigenvalue weighted by molar-refractivity contribution is -0.137. The Morgan fingerprint density at radius 2 is 1.75 bits per heavy atom. The quantitative estimate of drug-likeness (QED) is 0.294. The molecule has 5 N–H and O–H groups in total. The van der Waals surface area contributed by atoms with E-state index in [2.05, 4.69) is 0 Å². The molecule has 0 bridgehead atoms. The highest BCUT2D eigenvalue weighted by Crippen LogP contribution is 2.40. The maximum atomic E-state index is 13.4. The first-order valence-electron chi connectivity index (χ1n) is 7.86. The van der Waals surface area contributed by atoms with Gasteiger partial charge in [0.05, 0.1) is 27.0 Å². The third kappa shape index (κ3) is 4.08. The number of carbonyl (C=O) groups excluding carboxylic acids is 1. The molecule has 0 heterocycles. The van der Waals surface area contributed by atoms with Gasteiger partial charge in [0.1, 0.15) is 0 Å². The van der Waals surface area contributed by atoms with E-state index in [-0.39, 0.29) is 26.7 Å². The summed E-state index contributed by atoms with van der Waals surface area (Å²) in [6, 6.07) is 4.90. The van der Waals surface area contributed by atoms with Crippen LogP contribution in [0.25, 0.3) is 11.1 Å². The third-order valence-electron chi connectivity index (χ3n) is 4.04. The Kier molecular flexibility index (Phi) is 5.98. The molecular weight excluding hydrogens is 419 g/mol. The lowest BCUT2D eigenvalue weighted by Crippen LogP contribution is -2.31. The number of nitrogen functional groups attached to an aromatic ring is 2. The molecule has 1 amide bonds. The standard InChI is InChI=1S/C17H17ClF3N3O3S/c1-8(2)28(26,27)14-4-3-10(18)7-11(14)12-5-9(17(19,20)21)6-13(15(12)22)16(25)24-23/h3-8H,22-23H2,1-2H3,(H,24,25). The smallest absolute Gasteiger partial charge is 0.398 e. The van der Waals surface area contributed by atoms with Crippen molar-refractivity contribution < 1.29 is 26.4 Å². The molecular formula is C17H17ClF3N3O3S. The number of alkyl halides is 3. The van der Waals surface area contributed by atoms with Crippen LogP contribution in [0.1, 0.15) is 29.8 Å². The molecule has 11 heteroatoms. The van der Waals surface area contributed by atoms with Crippen LogP contribution in [0.5, 0.6) is 0 Å². The summed E-state index contributed by atoms with van der Waals surface area (Å²) in [6.07, 6.45) is -4.82. The molecule has 0 spiro atoms. The maximum Gasteiger partial charge on any atom is 0.416 e. The fraction of sp³-hybridized carbons (Fsp3) is 0.235. The molecule has 0 saturated carbocycles. The molecule has 152 valence electrons. The molecule has 28 heavy (non-hydrogen) atoms. The van der Waals surface area contributed by atoms with Gasteiger partial charge in [0.25, 0.3) is 5.91 Å². The fourth-order valence-corrected chi connectivity index (χ4v) is 3.93. The first kappa shape index (κ1) is 22.0. The molecule has 0 radical (unpaired) electrons. The van der Waals surface area contributed by atoms with Gasteiger partial charge in [0.2, 0.25) is 0 Å². The first-order valence-corrected chi connectivity index (χ1v) is 9.78. The number of hydrogen-bond donors (Lipinski definition) is 3. The second-order valence-corrected chi connectivity index (χ2v) is 9.10. The molecule has 6 nitrogen and oxygen atoms in total. The predicted octanol–water partition coefficient (Wildman–Crippen LogP) is 3.39. The third-order valence-corrected chi connectivity index (χ3v) is 6.49. The Morgan fingerprint density at radius 1 is 1.14 bits per heavy atom. The summed E-state index contributed by atoms with van der Waals surface area (Å²) in [5, 5.41) is -0.773. The van der Waals surface area contributed by atoms with Gasteiger partial charge in [0, 0.05) is 16.1 Å². The molecule has 2 aromatic rings. The van der Waals surface area contributed by atoms with E-state index in [9.17, 15) is 26.4 Å². The summed E-state index contributed by atoms with van der Waals surface area (Å²) in [5.74, 6) is 3.98. The van der Waals surface area contributed by atoms with Gasteiger partial charge >= 0.3 is 6.18 Å². The average Bonchev–Trinajstić information content (AvgIpc) is 2.59. The normalized spacial score (nSPS) is 12.3. The summed E-state index contributed by atoms with van der Waals surface area (Å²) in [6.45, 7) is 2.85. The van der Waals surface area contributed by atoms with Crippen molar-refractivity contribution in [3.63, 3.8) is 0 Å². The molecule has 0 aromatic heterocycles. The lowest BCUT2D eigenvalue weighted by atomic mass is 9.96. The Balaban J connectivity index is 2.96. The number of sulfone groups is 1. The van der Waals surface area contributed by atoms with Crippen molar-refractivity contribution in [1.29, 1.82) is 0 Å². The highest BCUT2D eigenvalue weighted by atomic mass is 35.5. The summed E-state index contributed by atoms with van der Waals surface area (Å²) in [5.41, 5.74) is 5.11. The van der Waals surface area contributed by atoms with Gasteiger partial charge < -0.3 is 5.73 Å². The van der Waals surface area contributed by atoms with Gasteiger partial charge in [0.15, 0.2) is 9.84 Å². The number of nitrogens with two attached hydrogens (primary N) is 2. The zero-order valence-electron chi connectivity index (χ0n) is 14.8. The van der Waals surface area contributed by atoms with Crippen molar-refractivity contribution in [3.8, 4) is 11.1 Å². The summed E-state index contributed by atoms with van der Waals surface area (Å²) in [7, 11) is -3.90. The lowest BCUT2D eigenvalue weighted by Gasteiger charge is -2.18. The van der Waals surface area contributed by atoms with Gasteiger partial charge in [-0.2, -0.15) is 13.2 Å². The first-order chi connectivity index (χ1) is 12.8. The van der Waals surface area contributed by atoms with Crippen LogP contribution < -0.4 is 17.0 Å². The van der Waals surface area contributed by atoms with E-state index >= 15 is 0 Å². The SMILES string of the molecule is CC(C)S(=O)(=O)c1ccc(Cl)cc1-c1cc(C(F)(F)F)cc(C(=O)NN)c1N. The molecule has 2 aromatic carbocycles. The second kappa shape index (κ2) is 7.61. The Hall–Kier alpha value is -2.30. The van der Waals surface area contributed by atoms with Crippen LogP contribution in [0.4, 0.5) is 18.9 Å². The highest BCUT2D eigenvalue weighted by molar-refractivity contribution is 7.92. The highest BCUT2D eigenvalue weighted by Gasteiger charge is 2.34. The monoisotopic (exact) mass is 435 g/mol. The van der Waals surface area contributed by atoms with Crippen LogP contribution in [-0.2, 0) is 16.0 Å². The number of amides is 1. The summed E-state index contributed by atoms with van der Waals surface area (Å²) in [4.78, 5) is 11.7. The van der Waals surface area contributed by atoms with E-state index in [1.54, 1.807) is 5.43 Å². The minimum atomic E-state index is -4.82. The Morgan fingerprint density at radius 3 is 2.25 bits per heavy atom. The second-order valence-electron chi connectivity index (χ2n) is 6.19. The topological polar surface area (TPSA) is 115 Å². The van der Waals surface area contributed by atoms with Gasteiger partial charge in [-0.05, 0) is 44.2 Å². The van der Waals surface area contributed by atoms with E-state index < -0.39 is 38.3 Å². The number of hydrazine groups is 1. The van der Waals surface area contributed by atoms with Gasteiger partial charge in [-0.1, -0.05) is 11.6 Å². The van der Waals surface area contributed by atoms with E-state index in [1.807, 2.05) is 0 Å². The number of benzene rings is 2. The Bertz CT molecular complexity index is 1040. The van der Waals surface area contributed by atoms with Gasteiger partial charge in [-0.3, -0.25) is 10.2 Å². The van der Waals surface area contributed by atoms with Crippen LogP contribution in [0, 0.1) is 0 Å².